The third-order valence-corrected chi connectivity index (χ3v) is 8.94. The van der Waals surface area contributed by atoms with Gasteiger partial charge in [-0.2, -0.15) is 0 Å². The Hall–Kier alpha value is -1.96. The van der Waals surface area contributed by atoms with Crippen molar-refractivity contribution in [2.45, 2.75) is 115 Å². The second kappa shape index (κ2) is 6.55. The van der Waals surface area contributed by atoms with E-state index in [1.165, 1.54) is 28.7 Å². The summed E-state index contributed by atoms with van der Waals surface area (Å²) >= 11 is 0. The molecule has 2 heteroatoms. The molecule has 0 N–H and O–H groups in total. The third-order valence-electron chi connectivity index (χ3n) is 8.94. The van der Waals surface area contributed by atoms with Crippen LogP contribution in [0.5, 0.6) is 11.5 Å². The number of benzene rings is 2. The summed E-state index contributed by atoms with van der Waals surface area (Å²) in [5.41, 5.74) is 7.41. The zero-order chi connectivity index (χ0) is 23.3. The first kappa shape index (κ1) is 21.9. The SMILES string of the molecule is CCC(C)c1ccc2c(c1)C1(CC2(C)C)CC(C)(C)c2cc3c(cc21)OC(C)C(C)(C)O3. The fourth-order valence-corrected chi connectivity index (χ4v) is 6.76. The minimum atomic E-state index is -0.325. The molecule has 2 aromatic rings. The van der Waals surface area contributed by atoms with Crippen molar-refractivity contribution >= 4 is 0 Å². The van der Waals surface area contributed by atoms with Crippen LogP contribution in [0.2, 0.25) is 0 Å². The van der Waals surface area contributed by atoms with Crippen LogP contribution < -0.4 is 9.47 Å². The second-order valence-corrected chi connectivity index (χ2v) is 12.6. The molecule has 2 aromatic carbocycles. The van der Waals surface area contributed by atoms with Crippen molar-refractivity contribution in [1.82, 2.24) is 0 Å². The van der Waals surface area contributed by atoms with E-state index in [0.717, 1.165) is 24.3 Å². The maximum absolute atomic E-state index is 6.45. The fraction of sp³-hybridized carbons (Fsp3) is 0.600. The average molecular weight is 433 g/mol. The van der Waals surface area contributed by atoms with Gasteiger partial charge in [-0.15, -0.1) is 0 Å². The summed E-state index contributed by atoms with van der Waals surface area (Å²) in [5, 5.41) is 0. The van der Waals surface area contributed by atoms with Gasteiger partial charge < -0.3 is 9.47 Å². The van der Waals surface area contributed by atoms with E-state index in [2.05, 4.69) is 92.6 Å². The van der Waals surface area contributed by atoms with E-state index in [1.54, 1.807) is 5.56 Å². The Kier molecular flexibility index (Phi) is 4.48. The van der Waals surface area contributed by atoms with Crippen molar-refractivity contribution in [3.63, 3.8) is 0 Å². The van der Waals surface area contributed by atoms with Crippen molar-refractivity contribution in [3.8, 4) is 11.5 Å². The molecule has 1 spiro atoms. The molecule has 32 heavy (non-hydrogen) atoms. The van der Waals surface area contributed by atoms with Gasteiger partial charge in [0.15, 0.2) is 11.5 Å². The van der Waals surface area contributed by atoms with Gasteiger partial charge in [-0.25, -0.2) is 0 Å². The molecular weight excluding hydrogens is 392 g/mol. The van der Waals surface area contributed by atoms with Crippen LogP contribution in [0, 0.1) is 0 Å². The fourth-order valence-electron chi connectivity index (χ4n) is 6.76. The van der Waals surface area contributed by atoms with Crippen molar-refractivity contribution in [1.29, 1.82) is 0 Å². The summed E-state index contributed by atoms with van der Waals surface area (Å²) < 4.78 is 12.9. The van der Waals surface area contributed by atoms with Crippen LogP contribution in [0.15, 0.2) is 30.3 Å². The maximum Gasteiger partial charge on any atom is 0.162 e. The van der Waals surface area contributed by atoms with Gasteiger partial charge in [0.05, 0.1) is 0 Å². The van der Waals surface area contributed by atoms with Crippen LogP contribution in [0.1, 0.15) is 115 Å². The summed E-state index contributed by atoms with van der Waals surface area (Å²) in [5.74, 6) is 2.40. The molecule has 1 heterocycles. The summed E-state index contributed by atoms with van der Waals surface area (Å²) in [7, 11) is 0. The highest BCUT2D eigenvalue weighted by atomic mass is 16.6. The van der Waals surface area contributed by atoms with Crippen LogP contribution in [-0.4, -0.2) is 11.7 Å². The molecule has 3 unspecified atom stereocenters. The predicted octanol–water partition coefficient (Wildman–Crippen LogP) is 7.79. The van der Waals surface area contributed by atoms with E-state index < -0.39 is 0 Å². The van der Waals surface area contributed by atoms with E-state index in [4.69, 9.17) is 9.47 Å². The molecule has 172 valence electrons. The average Bonchev–Trinajstić information content (AvgIpc) is 3.06. The Morgan fingerprint density at radius 1 is 0.844 bits per heavy atom. The Bertz CT molecular complexity index is 1090. The highest BCUT2D eigenvalue weighted by Crippen LogP contribution is 2.64. The van der Waals surface area contributed by atoms with E-state index in [9.17, 15) is 0 Å². The van der Waals surface area contributed by atoms with E-state index in [-0.39, 0.29) is 27.9 Å². The molecule has 0 fully saturated rings. The molecule has 0 amide bonds. The minimum absolute atomic E-state index is 0.0164. The van der Waals surface area contributed by atoms with Crippen LogP contribution in [0.4, 0.5) is 0 Å². The molecule has 0 bridgehead atoms. The quantitative estimate of drug-likeness (QED) is 0.482. The first-order valence-electron chi connectivity index (χ1n) is 12.5. The topological polar surface area (TPSA) is 18.5 Å². The maximum atomic E-state index is 6.45. The van der Waals surface area contributed by atoms with Gasteiger partial charge in [-0.3, -0.25) is 0 Å². The molecule has 3 atom stereocenters. The zero-order valence-corrected chi connectivity index (χ0v) is 21.5. The third kappa shape index (κ3) is 2.90. The van der Waals surface area contributed by atoms with E-state index >= 15 is 0 Å². The summed E-state index contributed by atoms with van der Waals surface area (Å²) in [6.45, 7) is 20.7. The highest BCUT2D eigenvalue weighted by molar-refractivity contribution is 5.64. The number of rotatable bonds is 2. The van der Waals surface area contributed by atoms with Gasteiger partial charge in [0.2, 0.25) is 0 Å². The molecule has 1 aliphatic heterocycles. The largest absolute Gasteiger partial charge is 0.483 e. The molecule has 2 aliphatic carbocycles. The summed E-state index contributed by atoms with van der Waals surface area (Å²) in [6.07, 6.45) is 3.47. The molecular formula is C30H40O2. The number of ether oxygens (including phenoxy) is 2. The molecule has 0 aromatic heterocycles. The Labute approximate surface area is 194 Å². The number of fused-ring (bicyclic) bond motifs is 5. The number of hydrogen-bond acceptors (Lipinski definition) is 2. The number of hydrogen-bond donors (Lipinski definition) is 0. The molecule has 0 radical (unpaired) electrons. The molecule has 2 nitrogen and oxygen atoms in total. The van der Waals surface area contributed by atoms with Crippen LogP contribution in [0.3, 0.4) is 0 Å². The van der Waals surface area contributed by atoms with E-state index in [1.807, 2.05) is 0 Å². The molecule has 0 saturated heterocycles. The minimum Gasteiger partial charge on any atom is -0.483 e. The van der Waals surface area contributed by atoms with Crippen LogP contribution >= 0.6 is 0 Å². The first-order valence-corrected chi connectivity index (χ1v) is 12.5. The summed E-state index contributed by atoms with van der Waals surface area (Å²) in [6, 6.07) is 12.0. The lowest BCUT2D eigenvalue weighted by atomic mass is 9.72. The first-order chi connectivity index (χ1) is 14.8. The van der Waals surface area contributed by atoms with Crippen LogP contribution in [-0.2, 0) is 16.2 Å². The van der Waals surface area contributed by atoms with Gasteiger partial charge in [-0.05, 0) is 96.7 Å². The molecule has 0 saturated carbocycles. The van der Waals surface area contributed by atoms with Gasteiger partial charge in [-0.1, -0.05) is 59.7 Å². The smallest absolute Gasteiger partial charge is 0.162 e. The lowest BCUT2D eigenvalue weighted by Gasteiger charge is -2.39. The normalized spacial score (nSPS) is 29.0. The van der Waals surface area contributed by atoms with Gasteiger partial charge in [0, 0.05) is 5.41 Å². The van der Waals surface area contributed by atoms with Crippen molar-refractivity contribution in [3.05, 3.63) is 58.1 Å². The van der Waals surface area contributed by atoms with Gasteiger partial charge >= 0.3 is 0 Å². The molecule has 5 rings (SSSR count). The monoisotopic (exact) mass is 432 g/mol. The molecule has 3 aliphatic rings. The Morgan fingerprint density at radius 3 is 2.09 bits per heavy atom. The van der Waals surface area contributed by atoms with Gasteiger partial charge in [0.25, 0.3) is 0 Å². The Balaban J connectivity index is 1.74. The lowest BCUT2D eigenvalue weighted by Crippen LogP contribution is -2.46. The van der Waals surface area contributed by atoms with E-state index in [0.29, 0.717) is 5.92 Å². The zero-order valence-electron chi connectivity index (χ0n) is 21.5. The second-order valence-electron chi connectivity index (χ2n) is 12.6. The predicted molar refractivity (Wildman–Crippen MR) is 132 cm³/mol. The standard InChI is InChI=1S/C30H40O2/c1-10-18(2)20-11-12-21-23(13-20)30(16-27(21,4)5)17-28(6,7)22-14-26-25(15-24(22)30)31-19(3)29(8,9)32-26/h11-15,18-19H,10,16-17H2,1-9H3. The van der Waals surface area contributed by atoms with Crippen molar-refractivity contribution in [2.24, 2.45) is 0 Å². The highest BCUT2D eigenvalue weighted by Gasteiger charge is 2.57. The van der Waals surface area contributed by atoms with Crippen molar-refractivity contribution in [2.75, 3.05) is 0 Å². The Morgan fingerprint density at radius 2 is 1.44 bits per heavy atom. The van der Waals surface area contributed by atoms with Crippen molar-refractivity contribution < 1.29 is 9.47 Å². The van der Waals surface area contributed by atoms with Gasteiger partial charge in [0.1, 0.15) is 11.7 Å². The van der Waals surface area contributed by atoms with Crippen LogP contribution in [0.25, 0.3) is 0 Å². The lowest BCUT2D eigenvalue weighted by molar-refractivity contribution is -0.0327. The summed E-state index contributed by atoms with van der Waals surface area (Å²) in [4.78, 5) is 0.